The fraction of sp³-hybridized carbons (Fsp3) is 0.265. The standard InChI is InChI=1S/C34H33NO10/c1-42-20-7-4-17(5-8-20)30-21-14-27(44-3)26(43-2)13-18(21)10-11-35(30)16-22-24(37)15-28-29(31(22)39)32(40)33(41)34(45-28)19-6-9-23(36)25(38)12-19/h4-9,12-15,30,33-34,36-39,41H,10-11,16H2,1-3H3. The molecule has 234 valence electrons. The summed E-state index contributed by atoms with van der Waals surface area (Å²) in [5, 5.41) is 53.1. The minimum Gasteiger partial charge on any atom is -0.507 e. The van der Waals surface area contributed by atoms with Crippen LogP contribution in [0.25, 0.3) is 0 Å². The lowest BCUT2D eigenvalue weighted by Crippen LogP contribution is -2.37. The van der Waals surface area contributed by atoms with E-state index in [2.05, 4.69) is 4.90 Å². The quantitative estimate of drug-likeness (QED) is 0.188. The normalized spacial score (nSPS) is 19.3. The van der Waals surface area contributed by atoms with Crippen molar-refractivity contribution < 1.29 is 49.3 Å². The van der Waals surface area contributed by atoms with Crippen LogP contribution in [-0.4, -0.2) is 70.2 Å². The number of fused-ring (bicyclic) bond motifs is 2. The van der Waals surface area contributed by atoms with Crippen LogP contribution >= 0.6 is 0 Å². The lowest BCUT2D eigenvalue weighted by Gasteiger charge is -2.39. The van der Waals surface area contributed by atoms with Gasteiger partial charge < -0.3 is 44.5 Å². The summed E-state index contributed by atoms with van der Waals surface area (Å²) in [6.07, 6.45) is -2.33. The molecule has 0 fully saturated rings. The van der Waals surface area contributed by atoms with Gasteiger partial charge in [-0.1, -0.05) is 18.2 Å². The fourth-order valence-electron chi connectivity index (χ4n) is 6.16. The number of methoxy groups -OCH3 is 3. The Labute approximate surface area is 259 Å². The average molecular weight is 616 g/mol. The summed E-state index contributed by atoms with van der Waals surface area (Å²) in [6, 6.07) is 16.2. The fourth-order valence-corrected chi connectivity index (χ4v) is 6.16. The molecule has 5 N–H and O–H groups in total. The molecule has 0 amide bonds. The highest BCUT2D eigenvalue weighted by Crippen LogP contribution is 2.48. The molecule has 6 rings (SSSR count). The van der Waals surface area contributed by atoms with Crippen molar-refractivity contribution >= 4 is 5.78 Å². The number of carbonyl (C=O) groups is 1. The first-order chi connectivity index (χ1) is 21.6. The number of aromatic hydroxyl groups is 4. The van der Waals surface area contributed by atoms with Gasteiger partial charge in [-0.15, -0.1) is 0 Å². The van der Waals surface area contributed by atoms with Gasteiger partial charge in [0, 0.05) is 19.2 Å². The van der Waals surface area contributed by atoms with Gasteiger partial charge in [0.2, 0.25) is 5.78 Å². The van der Waals surface area contributed by atoms with Gasteiger partial charge in [-0.05, 0) is 65.1 Å². The van der Waals surface area contributed by atoms with Gasteiger partial charge in [-0.2, -0.15) is 0 Å². The number of phenolic OH excluding ortho intramolecular Hbond substituents is 4. The number of rotatable bonds is 7. The molecule has 0 aromatic heterocycles. The number of ketones is 1. The molecule has 0 radical (unpaired) electrons. The molecule has 2 heterocycles. The highest BCUT2D eigenvalue weighted by atomic mass is 16.5. The first kappa shape index (κ1) is 29.9. The SMILES string of the molecule is COc1ccc(C2c3cc(OC)c(OC)cc3CCN2Cc2c(O)cc3c(c2O)C(=O)C(O)C(c2ccc(O)c(O)c2)O3)cc1. The summed E-state index contributed by atoms with van der Waals surface area (Å²) in [5.74, 6) is -0.673. The van der Waals surface area contributed by atoms with Crippen molar-refractivity contribution in [2.45, 2.75) is 31.2 Å². The zero-order valence-corrected chi connectivity index (χ0v) is 24.9. The molecular weight excluding hydrogens is 582 g/mol. The number of hydrogen-bond acceptors (Lipinski definition) is 11. The van der Waals surface area contributed by atoms with E-state index < -0.39 is 29.5 Å². The highest BCUT2D eigenvalue weighted by Gasteiger charge is 2.41. The summed E-state index contributed by atoms with van der Waals surface area (Å²) >= 11 is 0. The lowest BCUT2D eigenvalue weighted by atomic mass is 9.86. The van der Waals surface area contributed by atoms with Crippen LogP contribution in [0.2, 0.25) is 0 Å². The summed E-state index contributed by atoms with van der Waals surface area (Å²) in [6.45, 7) is 0.586. The number of phenols is 4. The molecule has 45 heavy (non-hydrogen) atoms. The Bertz CT molecular complexity index is 1770. The average Bonchev–Trinajstić information content (AvgIpc) is 3.05. The van der Waals surface area contributed by atoms with Gasteiger partial charge >= 0.3 is 0 Å². The maximum atomic E-state index is 13.4. The molecule has 0 saturated carbocycles. The number of aliphatic hydroxyl groups is 1. The van der Waals surface area contributed by atoms with E-state index in [0.29, 0.717) is 30.2 Å². The van der Waals surface area contributed by atoms with Crippen LogP contribution in [0.15, 0.2) is 60.7 Å². The third-order valence-electron chi connectivity index (χ3n) is 8.50. The smallest absolute Gasteiger partial charge is 0.202 e. The Kier molecular flexibility index (Phi) is 7.81. The number of benzene rings is 4. The van der Waals surface area contributed by atoms with E-state index in [1.54, 1.807) is 21.3 Å². The topological polar surface area (TPSA) is 158 Å². The summed E-state index contributed by atoms with van der Waals surface area (Å²) in [4.78, 5) is 15.5. The van der Waals surface area contributed by atoms with Crippen molar-refractivity contribution in [3.05, 3.63) is 94.0 Å². The number of hydrogen-bond donors (Lipinski definition) is 5. The van der Waals surface area contributed by atoms with Gasteiger partial charge in [-0.3, -0.25) is 9.69 Å². The number of Topliss-reactive ketones (excluding diaryl/α,β-unsaturated/α-hetero) is 1. The minimum absolute atomic E-state index is 0.0497. The van der Waals surface area contributed by atoms with E-state index in [4.69, 9.17) is 18.9 Å². The van der Waals surface area contributed by atoms with E-state index >= 15 is 0 Å². The molecule has 3 unspecified atom stereocenters. The molecule has 0 bridgehead atoms. The van der Waals surface area contributed by atoms with Gasteiger partial charge in [0.25, 0.3) is 0 Å². The molecule has 11 nitrogen and oxygen atoms in total. The van der Waals surface area contributed by atoms with E-state index in [9.17, 15) is 30.3 Å². The Balaban J connectivity index is 1.39. The Morgan fingerprint density at radius 3 is 2.18 bits per heavy atom. The van der Waals surface area contributed by atoms with E-state index in [1.807, 2.05) is 36.4 Å². The third kappa shape index (κ3) is 5.19. The molecule has 0 aliphatic carbocycles. The Morgan fingerprint density at radius 2 is 1.51 bits per heavy atom. The zero-order valence-electron chi connectivity index (χ0n) is 24.9. The van der Waals surface area contributed by atoms with Crippen molar-refractivity contribution in [2.75, 3.05) is 27.9 Å². The van der Waals surface area contributed by atoms with E-state index in [0.717, 1.165) is 16.7 Å². The largest absolute Gasteiger partial charge is 0.507 e. The van der Waals surface area contributed by atoms with Crippen LogP contribution in [0.5, 0.6) is 46.0 Å². The third-order valence-corrected chi connectivity index (χ3v) is 8.50. The number of carbonyl (C=O) groups excluding carboxylic acids is 1. The highest BCUT2D eigenvalue weighted by molar-refractivity contribution is 6.06. The van der Waals surface area contributed by atoms with E-state index in [-0.39, 0.29) is 46.5 Å². The monoisotopic (exact) mass is 615 g/mol. The van der Waals surface area contributed by atoms with Crippen LogP contribution in [0.4, 0.5) is 0 Å². The van der Waals surface area contributed by atoms with Crippen LogP contribution in [0.1, 0.15) is 50.3 Å². The summed E-state index contributed by atoms with van der Waals surface area (Å²) in [5.41, 5.74) is 3.01. The summed E-state index contributed by atoms with van der Waals surface area (Å²) in [7, 11) is 4.74. The molecule has 0 saturated heterocycles. The molecule has 2 aliphatic heterocycles. The second kappa shape index (κ2) is 11.8. The van der Waals surface area contributed by atoms with Crippen LogP contribution in [0.3, 0.4) is 0 Å². The maximum absolute atomic E-state index is 13.4. The van der Waals surface area contributed by atoms with Crippen LogP contribution in [0, 0.1) is 0 Å². The first-order valence-corrected chi connectivity index (χ1v) is 14.3. The van der Waals surface area contributed by atoms with Crippen molar-refractivity contribution in [2.24, 2.45) is 0 Å². The number of ether oxygens (including phenoxy) is 4. The lowest BCUT2D eigenvalue weighted by molar-refractivity contribution is 0.0209. The molecule has 3 atom stereocenters. The predicted octanol–water partition coefficient (Wildman–Crippen LogP) is 4.36. The Morgan fingerprint density at radius 1 is 0.822 bits per heavy atom. The van der Waals surface area contributed by atoms with E-state index in [1.165, 1.54) is 24.3 Å². The van der Waals surface area contributed by atoms with Crippen LogP contribution < -0.4 is 18.9 Å². The van der Waals surface area contributed by atoms with Gasteiger partial charge in [0.05, 0.1) is 32.9 Å². The number of nitrogens with zero attached hydrogens (tertiary/aromatic N) is 1. The number of aliphatic hydroxyl groups excluding tert-OH is 1. The second-order valence-corrected chi connectivity index (χ2v) is 11.0. The van der Waals surface area contributed by atoms with Gasteiger partial charge in [0.15, 0.2) is 35.2 Å². The molecular formula is C34H33NO10. The molecule has 4 aromatic carbocycles. The zero-order chi connectivity index (χ0) is 32.0. The van der Waals surface area contributed by atoms with Crippen molar-refractivity contribution in [1.82, 2.24) is 4.90 Å². The van der Waals surface area contributed by atoms with Crippen molar-refractivity contribution in [1.29, 1.82) is 0 Å². The molecule has 0 spiro atoms. The van der Waals surface area contributed by atoms with Gasteiger partial charge in [-0.25, -0.2) is 0 Å². The first-order valence-electron chi connectivity index (χ1n) is 14.3. The Hall–Kier alpha value is -5.13. The maximum Gasteiger partial charge on any atom is 0.202 e. The van der Waals surface area contributed by atoms with Gasteiger partial charge in [0.1, 0.15) is 28.6 Å². The van der Waals surface area contributed by atoms with Crippen molar-refractivity contribution in [3.8, 4) is 46.0 Å². The van der Waals surface area contributed by atoms with Crippen molar-refractivity contribution in [3.63, 3.8) is 0 Å². The predicted molar refractivity (Wildman–Crippen MR) is 162 cm³/mol. The molecule has 2 aliphatic rings. The summed E-state index contributed by atoms with van der Waals surface area (Å²) < 4.78 is 22.4. The minimum atomic E-state index is -1.72. The molecule has 4 aromatic rings. The second-order valence-electron chi connectivity index (χ2n) is 11.0. The van der Waals surface area contributed by atoms with Crippen LogP contribution in [-0.2, 0) is 13.0 Å². The molecule has 11 heteroatoms.